The Kier molecular flexibility index (Phi) is 11.2. The van der Waals surface area contributed by atoms with Gasteiger partial charge in [-0.3, -0.25) is 4.79 Å². The number of aromatic nitrogens is 3. The standard InChI is InChI=1S/C34H40N4O3/c1-3-4-5-6-7-8-9-10-11-16-31(40)35-27-21-17-25(18-22-27)32-36-33(26-19-23-28(41-2)24-20-26)38-34(37-32)29-14-12-13-15-30(29)39/h12-15,17-24,39H,3-11,16H2,1-2H3,(H,35,40). The van der Waals surface area contributed by atoms with Crippen LogP contribution in [0.15, 0.2) is 72.8 Å². The van der Waals surface area contributed by atoms with Crippen molar-refractivity contribution in [3.05, 3.63) is 72.8 Å². The summed E-state index contributed by atoms with van der Waals surface area (Å²) in [6.45, 7) is 2.24. The maximum Gasteiger partial charge on any atom is 0.224 e. The van der Waals surface area contributed by atoms with Crippen molar-refractivity contribution < 1.29 is 14.6 Å². The van der Waals surface area contributed by atoms with Crippen molar-refractivity contribution in [2.24, 2.45) is 0 Å². The summed E-state index contributed by atoms with van der Waals surface area (Å²) in [6, 6.07) is 21.9. The molecule has 0 bridgehead atoms. The van der Waals surface area contributed by atoms with Crippen molar-refractivity contribution in [2.75, 3.05) is 12.4 Å². The zero-order valence-corrected chi connectivity index (χ0v) is 24.1. The second kappa shape index (κ2) is 15.5. The van der Waals surface area contributed by atoms with Crippen LogP contribution < -0.4 is 10.1 Å². The van der Waals surface area contributed by atoms with E-state index in [9.17, 15) is 9.90 Å². The van der Waals surface area contributed by atoms with Crippen molar-refractivity contribution in [2.45, 2.75) is 71.1 Å². The number of carbonyl (C=O) groups is 1. The van der Waals surface area contributed by atoms with E-state index in [2.05, 4.69) is 22.2 Å². The number of rotatable bonds is 15. The second-order valence-electron chi connectivity index (χ2n) is 10.3. The first-order valence-electron chi connectivity index (χ1n) is 14.7. The predicted octanol–water partition coefficient (Wildman–Crippen LogP) is 8.45. The van der Waals surface area contributed by atoms with E-state index >= 15 is 0 Å². The molecule has 4 rings (SSSR count). The fourth-order valence-electron chi connectivity index (χ4n) is 4.68. The molecular formula is C34H40N4O3. The molecule has 0 atom stereocenters. The van der Waals surface area contributed by atoms with Gasteiger partial charge in [-0.1, -0.05) is 70.4 Å². The number of phenolic OH excluding ortho intramolecular Hbond substituents is 1. The zero-order valence-electron chi connectivity index (χ0n) is 24.1. The predicted molar refractivity (Wildman–Crippen MR) is 165 cm³/mol. The number of hydrogen-bond acceptors (Lipinski definition) is 6. The lowest BCUT2D eigenvalue weighted by molar-refractivity contribution is -0.116. The number of unbranched alkanes of at least 4 members (excludes halogenated alkanes) is 8. The molecule has 4 aromatic rings. The summed E-state index contributed by atoms with van der Waals surface area (Å²) in [6.07, 6.45) is 11.6. The van der Waals surface area contributed by atoms with E-state index in [1.54, 1.807) is 25.3 Å². The molecule has 0 aliphatic carbocycles. The van der Waals surface area contributed by atoms with Crippen LogP contribution in [0.4, 0.5) is 5.69 Å². The minimum atomic E-state index is 0.0319. The third kappa shape index (κ3) is 8.87. The van der Waals surface area contributed by atoms with Crippen LogP contribution in [0, 0.1) is 0 Å². The first-order valence-corrected chi connectivity index (χ1v) is 14.7. The summed E-state index contributed by atoms with van der Waals surface area (Å²) in [7, 11) is 1.62. The summed E-state index contributed by atoms with van der Waals surface area (Å²) in [5.74, 6) is 2.18. The van der Waals surface area contributed by atoms with Gasteiger partial charge in [-0.15, -0.1) is 0 Å². The van der Waals surface area contributed by atoms with E-state index in [0.717, 1.165) is 35.4 Å². The van der Waals surface area contributed by atoms with E-state index in [4.69, 9.17) is 9.72 Å². The Morgan fingerprint density at radius 3 is 1.83 bits per heavy atom. The van der Waals surface area contributed by atoms with Gasteiger partial charge in [-0.25, -0.2) is 15.0 Å². The molecule has 3 aromatic carbocycles. The van der Waals surface area contributed by atoms with Crippen LogP contribution in [0.25, 0.3) is 34.2 Å². The largest absolute Gasteiger partial charge is 0.507 e. The van der Waals surface area contributed by atoms with E-state index in [1.165, 1.54) is 44.9 Å². The van der Waals surface area contributed by atoms with Crippen LogP contribution in [0.3, 0.4) is 0 Å². The molecular weight excluding hydrogens is 512 g/mol. The minimum absolute atomic E-state index is 0.0319. The third-order valence-corrected chi connectivity index (χ3v) is 7.06. The molecule has 0 aliphatic rings. The Labute approximate surface area is 243 Å². The summed E-state index contributed by atoms with van der Waals surface area (Å²) >= 11 is 0. The van der Waals surface area contributed by atoms with Gasteiger partial charge in [0, 0.05) is 23.2 Å². The highest BCUT2D eigenvalue weighted by molar-refractivity contribution is 5.90. The first-order chi connectivity index (χ1) is 20.1. The zero-order chi connectivity index (χ0) is 28.9. The number of nitrogens with one attached hydrogen (secondary N) is 1. The highest BCUT2D eigenvalue weighted by Gasteiger charge is 2.15. The molecule has 7 nitrogen and oxygen atoms in total. The van der Waals surface area contributed by atoms with Crippen LogP contribution in [0.2, 0.25) is 0 Å². The average molecular weight is 553 g/mol. The molecule has 0 spiro atoms. The molecule has 0 unspecified atom stereocenters. The summed E-state index contributed by atoms with van der Waals surface area (Å²) in [5.41, 5.74) is 2.83. The average Bonchev–Trinajstić information content (AvgIpc) is 3.00. The van der Waals surface area contributed by atoms with Gasteiger partial charge in [-0.05, 0) is 67.1 Å². The number of benzene rings is 3. The number of aromatic hydroxyl groups is 1. The molecule has 2 N–H and O–H groups in total. The monoisotopic (exact) mass is 552 g/mol. The maximum absolute atomic E-state index is 12.5. The molecule has 0 aliphatic heterocycles. The number of methoxy groups -OCH3 is 1. The van der Waals surface area contributed by atoms with Crippen LogP contribution in [0.5, 0.6) is 11.5 Å². The van der Waals surface area contributed by atoms with Gasteiger partial charge in [0.15, 0.2) is 17.5 Å². The molecule has 1 aromatic heterocycles. The minimum Gasteiger partial charge on any atom is -0.507 e. The summed E-state index contributed by atoms with van der Waals surface area (Å²) in [4.78, 5) is 26.5. The number of amides is 1. The molecule has 41 heavy (non-hydrogen) atoms. The lowest BCUT2D eigenvalue weighted by Gasteiger charge is -2.10. The topological polar surface area (TPSA) is 97.2 Å². The Bertz CT molecular complexity index is 1390. The Morgan fingerprint density at radius 2 is 1.24 bits per heavy atom. The van der Waals surface area contributed by atoms with Crippen LogP contribution in [0.1, 0.15) is 71.1 Å². The third-order valence-electron chi connectivity index (χ3n) is 7.06. The molecule has 214 valence electrons. The Hall–Kier alpha value is -4.26. The van der Waals surface area contributed by atoms with Gasteiger partial charge in [0.1, 0.15) is 11.5 Å². The molecule has 0 saturated carbocycles. The second-order valence-corrected chi connectivity index (χ2v) is 10.3. The van der Waals surface area contributed by atoms with Gasteiger partial charge < -0.3 is 15.2 Å². The van der Waals surface area contributed by atoms with Crippen LogP contribution in [-0.2, 0) is 4.79 Å². The van der Waals surface area contributed by atoms with Crippen LogP contribution in [-0.4, -0.2) is 33.1 Å². The van der Waals surface area contributed by atoms with Gasteiger partial charge in [0.25, 0.3) is 0 Å². The molecule has 1 amide bonds. The van der Waals surface area contributed by atoms with Crippen molar-refractivity contribution in [1.82, 2.24) is 15.0 Å². The van der Waals surface area contributed by atoms with E-state index in [1.807, 2.05) is 54.6 Å². The van der Waals surface area contributed by atoms with Crippen molar-refractivity contribution in [3.63, 3.8) is 0 Å². The summed E-state index contributed by atoms with van der Waals surface area (Å²) < 4.78 is 5.28. The number of carbonyl (C=O) groups excluding carboxylic acids is 1. The van der Waals surface area contributed by atoms with Crippen LogP contribution >= 0.6 is 0 Å². The number of phenols is 1. The molecule has 7 heteroatoms. The van der Waals surface area contributed by atoms with Crippen molar-refractivity contribution in [3.8, 4) is 45.7 Å². The smallest absolute Gasteiger partial charge is 0.224 e. The number of anilines is 1. The molecule has 0 saturated heterocycles. The first kappa shape index (κ1) is 29.7. The van der Waals surface area contributed by atoms with Gasteiger partial charge in [-0.2, -0.15) is 0 Å². The molecule has 1 heterocycles. The van der Waals surface area contributed by atoms with Gasteiger partial charge in [0.05, 0.1) is 12.7 Å². The van der Waals surface area contributed by atoms with Gasteiger partial charge >= 0.3 is 0 Å². The lowest BCUT2D eigenvalue weighted by Crippen LogP contribution is -2.11. The van der Waals surface area contributed by atoms with E-state index in [-0.39, 0.29) is 11.7 Å². The Balaban J connectivity index is 1.42. The maximum atomic E-state index is 12.5. The number of ether oxygens (including phenoxy) is 1. The van der Waals surface area contributed by atoms with E-state index in [0.29, 0.717) is 29.5 Å². The highest BCUT2D eigenvalue weighted by atomic mass is 16.5. The normalized spacial score (nSPS) is 10.9. The number of para-hydroxylation sites is 1. The summed E-state index contributed by atoms with van der Waals surface area (Å²) in [5, 5.41) is 13.5. The van der Waals surface area contributed by atoms with E-state index < -0.39 is 0 Å². The number of nitrogens with zero attached hydrogens (tertiary/aromatic N) is 3. The quantitative estimate of drug-likeness (QED) is 0.144. The van der Waals surface area contributed by atoms with Gasteiger partial charge in [0.2, 0.25) is 5.91 Å². The lowest BCUT2D eigenvalue weighted by atomic mass is 10.1. The highest BCUT2D eigenvalue weighted by Crippen LogP contribution is 2.30. The fraction of sp³-hybridized carbons (Fsp3) is 0.353. The fourth-order valence-corrected chi connectivity index (χ4v) is 4.68. The SMILES string of the molecule is CCCCCCCCCCCC(=O)Nc1ccc(-c2nc(-c3ccc(OC)cc3)nc(-c3ccccc3O)n2)cc1. The molecule has 0 radical (unpaired) electrons. The Morgan fingerprint density at radius 1 is 0.707 bits per heavy atom. The molecule has 0 fully saturated rings. The van der Waals surface area contributed by atoms with Crippen molar-refractivity contribution in [1.29, 1.82) is 0 Å². The number of hydrogen-bond donors (Lipinski definition) is 2. The van der Waals surface area contributed by atoms with Crippen molar-refractivity contribution >= 4 is 11.6 Å².